The number of urea groups is 1. The Morgan fingerprint density at radius 2 is 1.96 bits per heavy atom. The lowest BCUT2D eigenvalue weighted by atomic mass is 9.95. The van der Waals surface area contributed by atoms with Crippen LogP contribution in [0, 0.1) is 5.92 Å². The minimum Gasteiger partial charge on any atom is -0.486 e. The number of hydrogen-bond acceptors (Lipinski definition) is 4. The van der Waals surface area contributed by atoms with Crippen LogP contribution in [0.15, 0.2) is 42.7 Å². The number of benzene rings is 1. The van der Waals surface area contributed by atoms with Crippen LogP contribution in [0.4, 0.5) is 10.5 Å². The number of fused-ring (bicyclic) bond motifs is 1. The SMILES string of the molecule is CC(C)[C@@H](NC(=O)Nc1cccnc1)c1ccc2c(c1)OCCO2. The second-order valence-electron chi connectivity index (χ2n) is 5.96. The van der Waals surface area contributed by atoms with Crippen molar-refractivity contribution in [1.82, 2.24) is 10.3 Å². The number of carbonyl (C=O) groups excluding carboxylic acids is 1. The van der Waals surface area contributed by atoms with Crippen molar-refractivity contribution in [3.63, 3.8) is 0 Å². The van der Waals surface area contributed by atoms with Gasteiger partial charge in [0.2, 0.25) is 0 Å². The van der Waals surface area contributed by atoms with Gasteiger partial charge in [-0.05, 0) is 35.7 Å². The third-order valence-electron chi connectivity index (χ3n) is 3.80. The Balaban J connectivity index is 1.74. The highest BCUT2D eigenvalue weighted by Crippen LogP contribution is 2.34. The van der Waals surface area contributed by atoms with Gasteiger partial charge >= 0.3 is 6.03 Å². The smallest absolute Gasteiger partial charge is 0.319 e. The molecule has 6 nitrogen and oxygen atoms in total. The fraction of sp³-hybridized carbons (Fsp3) is 0.333. The van der Waals surface area contributed by atoms with E-state index < -0.39 is 0 Å². The maximum atomic E-state index is 12.3. The zero-order valence-corrected chi connectivity index (χ0v) is 13.8. The van der Waals surface area contributed by atoms with Gasteiger partial charge in [0.15, 0.2) is 11.5 Å². The normalized spacial score (nSPS) is 14.1. The Morgan fingerprint density at radius 1 is 1.17 bits per heavy atom. The number of nitrogens with one attached hydrogen (secondary N) is 2. The van der Waals surface area contributed by atoms with Gasteiger partial charge in [-0.2, -0.15) is 0 Å². The monoisotopic (exact) mass is 327 g/mol. The summed E-state index contributed by atoms with van der Waals surface area (Å²) in [5.41, 5.74) is 1.63. The average molecular weight is 327 g/mol. The summed E-state index contributed by atoms with van der Waals surface area (Å²) in [6, 6.07) is 8.94. The third kappa shape index (κ3) is 3.76. The van der Waals surface area contributed by atoms with E-state index in [0.29, 0.717) is 18.9 Å². The van der Waals surface area contributed by atoms with Crippen LogP contribution in [0.5, 0.6) is 11.5 Å². The molecule has 1 aliphatic rings. The van der Waals surface area contributed by atoms with Crippen LogP contribution in [0.25, 0.3) is 0 Å². The molecule has 6 heteroatoms. The van der Waals surface area contributed by atoms with Crippen LogP contribution in [0.1, 0.15) is 25.5 Å². The van der Waals surface area contributed by atoms with E-state index in [1.165, 1.54) is 0 Å². The molecular weight excluding hydrogens is 306 g/mol. The van der Waals surface area contributed by atoms with Crippen molar-refractivity contribution < 1.29 is 14.3 Å². The highest BCUT2D eigenvalue weighted by atomic mass is 16.6. The Kier molecular flexibility index (Phi) is 4.84. The third-order valence-corrected chi connectivity index (χ3v) is 3.80. The van der Waals surface area contributed by atoms with Crippen molar-refractivity contribution in [2.75, 3.05) is 18.5 Å². The first-order valence-corrected chi connectivity index (χ1v) is 8.00. The maximum absolute atomic E-state index is 12.3. The molecule has 2 heterocycles. The molecule has 24 heavy (non-hydrogen) atoms. The van der Waals surface area contributed by atoms with E-state index in [1.807, 2.05) is 18.2 Å². The Hall–Kier alpha value is -2.76. The van der Waals surface area contributed by atoms with E-state index in [-0.39, 0.29) is 18.0 Å². The molecule has 1 atom stereocenters. The molecule has 0 bridgehead atoms. The van der Waals surface area contributed by atoms with Crippen LogP contribution in [0.3, 0.4) is 0 Å². The number of hydrogen-bond donors (Lipinski definition) is 2. The fourth-order valence-corrected chi connectivity index (χ4v) is 2.63. The van der Waals surface area contributed by atoms with Crippen molar-refractivity contribution in [2.24, 2.45) is 5.92 Å². The maximum Gasteiger partial charge on any atom is 0.319 e. The minimum atomic E-state index is -0.267. The zero-order valence-electron chi connectivity index (χ0n) is 13.8. The second-order valence-corrected chi connectivity index (χ2v) is 5.96. The molecule has 0 aliphatic carbocycles. The number of amides is 2. The minimum absolute atomic E-state index is 0.141. The summed E-state index contributed by atoms with van der Waals surface area (Å²) in [4.78, 5) is 16.3. The van der Waals surface area contributed by atoms with E-state index in [1.54, 1.807) is 24.5 Å². The Bertz CT molecular complexity index is 704. The molecule has 1 aromatic heterocycles. The number of ether oxygens (including phenoxy) is 2. The topological polar surface area (TPSA) is 72.5 Å². The van der Waals surface area contributed by atoms with Gasteiger partial charge in [-0.3, -0.25) is 4.98 Å². The largest absolute Gasteiger partial charge is 0.486 e. The summed E-state index contributed by atoms with van der Waals surface area (Å²) in [5.74, 6) is 1.68. The van der Waals surface area contributed by atoms with E-state index in [0.717, 1.165) is 17.1 Å². The molecule has 0 fully saturated rings. The van der Waals surface area contributed by atoms with Crippen molar-refractivity contribution in [3.05, 3.63) is 48.3 Å². The predicted octanol–water partition coefficient (Wildman–Crippen LogP) is 3.37. The van der Waals surface area contributed by atoms with Gasteiger partial charge in [-0.1, -0.05) is 19.9 Å². The quantitative estimate of drug-likeness (QED) is 0.903. The van der Waals surface area contributed by atoms with Crippen molar-refractivity contribution in [2.45, 2.75) is 19.9 Å². The molecule has 2 N–H and O–H groups in total. The van der Waals surface area contributed by atoms with Crippen LogP contribution in [-0.2, 0) is 0 Å². The van der Waals surface area contributed by atoms with E-state index in [9.17, 15) is 4.79 Å². The molecule has 3 rings (SSSR count). The van der Waals surface area contributed by atoms with Crippen LogP contribution in [-0.4, -0.2) is 24.2 Å². The van der Waals surface area contributed by atoms with Gasteiger partial charge < -0.3 is 20.1 Å². The van der Waals surface area contributed by atoms with Gasteiger partial charge in [0, 0.05) is 6.20 Å². The van der Waals surface area contributed by atoms with Crippen molar-refractivity contribution in [3.8, 4) is 11.5 Å². The Morgan fingerprint density at radius 3 is 2.67 bits per heavy atom. The number of nitrogens with zero attached hydrogens (tertiary/aromatic N) is 1. The number of rotatable bonds is 4. The van der Waals surface area contributed by atoms with Crippen molar-refractivity contribution >= 4 is 11.7 Å². The van der Waals surface area contributed by atoms with Gasteiger partial charge in [0.05, 0.1) is 17.9 Å². The molecular formula is C18H21N3O3. The van der Waals surface area contributed by atoms with Gasteiger partial charge in [-0.15, -0.1) is 0 Å². The molecule has 1 aromatic carbocycles. The average Bonchev–Trinajstić information content (AvgIpc) is 2.60. The van der Waals surface area contributed by atoms with E-state index in [2.05, 4.69) is 29.5 Å². The molecule has 0 spiro atoms. The molecule has 1 aliphatic heterocycles. The van der Waals surface area contributed by atoms with Gasteiger partial charge in [-0.25, -0.2) is 4.79 Å². The second kappa shape index (κ2) is 7.21. The Labute approximate surface area is 141 Å². The number of carbonyl (C=O) groups is 1. The molecule has 126 valence electrons. The molecule has 0 saturated carbocycles. The zero-order chi connectivity index (χ0) is 16.9. The molecule has 2 amide bonds. The first kappa shape index (κ1) is 16.1. The lowest BCUT2D eigenvalue weighted by Crippen LogP contribution is -2.35. The summed E-state index contributed by atoms with van der Waals surface area (Å²) in [6.45, 7) is 5.22. The standard InChI is InChI=1S/C18H21N3O3/c1-12(2)17(21-18(22)20-14-4-3-7-19-11-14)13-5-6-15-16(10-13)24-9-8-23-15/h3-7,10-12,17H,8-9H2,1-2H3,(H2,20,21,22)/t17-/m1/s1. The van der Waals surface area contributed by atoms with Gasteiger partial charge in [0.25, 0.3) is 0 Å². The lowest BCUT2D eigenvalue weighted by molar-refractivity contribution is 0.171. The van der Waals surface area contributed by atoms with E-state index >= 15 is 0 Å². The highest BCUT2D eigenvalue weighted by molar-refractivity contribution is 5.89. The van der Waals surface area contributed by atoms with Gasteiger partial charge in [0.1, 0.15) is 13.2 Å². The molecule has 0 radical (unpaired) electrons. The van der Waals surface area contributed by atoms with E-state index in [4.69, 9.17) is 9.47 Å². The molecule has 2 aromatic rings. The van der Waals surface area contributed by atoms with Crippen molar-refractivity contribution in [1.29, 1.82) is 0 Å². The number of pyridine rings is 1. The van der Waals surface area contributed by atoms with Crippen LogP contribution in [0.2, 0.25) is 0 Å². The van der Waals surface area contributed by atoms with Crippen LogP contribution >= 0.6 is 0 Å². The summed E-state index contributed by atoms with van der Waals surface area (Å²) in [5, 5.41) is 5.80. The lowest BCUT2D eigenvalue weighted by Gasteiger charge is -2.25. The summed E-state index contributed by atoms with van der Waals surface area (Å²) < 4.78 is 11.2. The first-order valence-electron chi connectivity index (χ1n) is 8.00. The summed E-state index contributed by atoms with van der Waals surface area (Å²) in [7, 11) is 0. The fourth-order valence-electron chi connectivity index (χ4n) is 2.63. The first-order chi connectivity index (χ1) is 11.6. The highest BCUT2D eigenvalue weighted by Gasteiger charge is 2.21. The number of aromatic nitrogens is 1. The molecule has 0 unspecified atom stereocenters. The number of anilines is 1. The molecule has 0 saturated heterocycles. The summed E-state index contributed by atoms with van der Waals surface area (Å²) in [6.07, 6.45) is 3.27. The predicted molar refractivity (Wildman–Crippen MR) is 91.4 cm³/mol. The van der Waals surface area contributed by atoms with Crippen LogP contribution < -0.4 is 20.1 Å². The summed E-state index contributed by atoms with van der Waals surface area (Å²) >= 11 is 0.